The minimum atomic E-state index is -4.83. The molecule has 0 aliphatic carbocycles. The normalized spacial score (nSPS) is 11.6. The molecule has 13 heteroatoms. The van der Waals surface area contributed by atoms with Gasteiger partial charge in [0, 0.05) is 6.07 Å². The minimum absolute atomic E-state index is 0.00494. The molecule has 1 N–H and O–H groups in total. The van der Waals surface area contributed by atoms with Crippen molar-refractivity contribution in [2.45, 2.75) is 6.18 Å². The number of carbonyl (C=O) groups is 1. The van der Waals surface area contributed by atoms with Gasteiger partial charge in [0.2, 0.25) is 5.82 Å². The number of fused-ring (bicyclic) bond motifs is 1. The molecule has 2 aromatic carbocycles. The first-order valence-corrected chi connectivity index (χ1v) is 9.01. The van der Waals surface area contributed by atoms with Gasteiger partial charge >= 0.3 is 6.18 Å². The van der Waals surface area contributed by atoms with E-state index in [-0.39, 0.29) is 22.7 Å². The summed E-state index contributed by atoms with van der Waals surface area (Å²) >= 11 is 0. The number of ether oxygens (including phenoxy) is 1. The predicted octanol–water partition coefficient (Wildman–Crippen LogP) is 4.51. The summed E-state index contributed by atoms with van der Waals surface area (Å²) in [6.07, 6.45) is -2.98. The van der Waals surface area contributed by atoms with E-state index in [1.165, 1.54) is 25.3 Å². The van der Waals surface area contributed by atoms with Gasteiger partial charge in [-0.1, -0.05) is 0 Å². The van der Waals surface area contributed by atoms with Crippen LogP contribution >= 0.6 is 0 Å². The summed E-state index contributed by atoms with van der Waals surface area (Å²) < 4.78 is 86.6. The van der Waals surface area contributed by atoms with Crippen LogP contribution in [0.15, 0.2) is 42.7 Å². The van der Waals surface area contributed by atoms with Gasteiger partial charge in [0.05, 0.1) is 36.1 Å². The maximum absolute atomic E-state index is 13.8. The Hall–Kier alpha value is -4.16. The van der Waals surface area contributed by atoms with Crippen molar-refractivity contribution >= 4 is 22.8 Å². The van der Waals surface area contributed by atoms with Gasteiger partial charge in [-0.05, 0) is 24.3 Å². The number of aromatic nitrogens is 4. The van der Waals surface area contributed by atoms with Crippen molar-refractivity contribution in [2.75, 3.05) is 12.4 Å². The Morgan fingerprint density at radius 3 is 2.42 bits per heavy atom. The van der Waals surface area contributed by atoms with E-state index < -0.39 is 40.9 Å². The van der Waals surface area contributed by atoms with Crippen molar-refractivity contribution in [3.63, 3.8) is 0 Å². The number of methoxy groups -OCH3 is 1. The number of nitrogens with one attached hydrogen (secondary N) is 1. The second-order valence-electron chi connectivity index (χ2n) is 6.56. The van der Waals surface area contributed by atoms with Crippen molar-refractivity contribution in [3.05, 3.63) is 71.6 Å². The lowest BCUT2D eigenvalue weighted by Crippen LogP contribution is -2.17. The van der Waals surface area contributed by atoms with Gasteiger partial charge in [-0.3, -0.25) is 9.36 Å². The standard InChI is InChI=1S/C20H11F6N5O2/c1-33-9-2-5-13-12(6-9)29-19(20(24,25)26)31(13)15-8-27-14(7-28-15)30-18(32)10-3-4-11(21)17(23)16(10)22/h2-8H,1H3,(H,27,30,32). The third kappa shape index (κ3) is 4.04. The van der Waals surface area contributed by atoms with Crippen LogP contribution < -0.4 is 10.1 Å². The molecule has 0 aliphatic heterocycles. The van der Waals surface area contributed by atoms with Gasteiger partial charge in [0.25, 0.3) is 5.91 Å². The second kappa shape index (κ2) is 8.07. The molecule has 170 valence electrons. The van der Waals surface area contributed by atoms with Crippen LogP contribution in [0.4, 0.5) is 32.2 Å². The van der Waals surface area contributed by atoms with Crippen LogP contribution in [0.1, 0.15) is 16.2 Å². The number of rotatable bonds is 4. The third-order valence-corrected chi connectivity index (χ3v) is 4.50. The minimum Gasteiger partial charge on any atom is -0.497 e. The fraction of sp³-hybridized carbons (Fsp3) is 0.100. The van der Waals surface area contributed by atoms with Crippen molar-refractivity contribution in [3.8, 4) is 11.6 Å². The molecule has 0 spiro atoms. The summed E-state index contributed by atoms with van der Waals surface area (Å²) in [7, 11) is 1.35. The number of carbonyl (C=O) groups excluding carboxylic acids is 1. The molecule has 0 aliphatic rings. The fourth-order valence-electron chi connectivity index (χ4n) is 3.00. The van der Waals surface area contributed by atoms with Crippen LogP contribution in [0, 0.1) is 17.5 Å². The van der Waals surface area contributed by atoms with Crippen LogP contribution in [0.5, 0.6) is 5.75 Å². The quantitative estimate of drug-likeness (QED) is 0.353. The first-order valence-electron chi connectivity index (χ1n) is 9.01. The molecular formula is C20H11F6N5O2. The lowest BCUT2D eigenvalue weighted by molar-refractivity contribution is -0.145. The second-order valence-corrected chi connectivity index (χ2v) is 6.56. The average molecular weight is 467 g/mol. The van der Waals surface area contributed by atoms with Crippen LogP contribution in [0.2, 0.25) is 0 Å². The Morgan fingerprint density at radius 1 is 1.03 bits per heavy atom. The van der Waals surface area contributed by atoms with E-state index in [0.29, 0.717) is 11.8 Å². The Morgan fingerprint density at radius 2 is 1.79 bits per heavy atom. The number of benzene rings is 2. The van der Waals surface area contributed by atoms with Crippen molar-refractivity contribution < 1.29 is 35.9 Å². The molecule has 0 saturated carbocycles. The molecule has 0 bridgehead atoms. The topological polar surface area (TPSA) is 81.9 Å². The monoisotopic (exact) mass is 467 g/mol. The molecule has 33 heavy (non-hydrogen) atoms. The summed E-state index contributed by atoms with van der Waals surface area (Å²) in [4.78, 5) is 23.4. The zero-order valence-corrected chi connectivity index (χ0v) is 16.4. The first-order chi connectivity index (χ1) is 15.6. The molecule has 2 aromatic heterocycles. The van der Waals surface area contributed by atoms with E-state index in [9.17, 15) is 31.1 Å². The van der Waals surface area contributed by atoms with E-state index in [0.717, 1.165) is 23.0 Å². The summed E-state index contributed by atoms with van der Waals surface area (Å²) in [6, 6.07) is 5.42. The largest absolute Gasteiger partial charge is 0.497 e. The first kappa shape index (κ1) is 22.0. The zero-order valence-electron chi connectivity index (χ0n) is 16.4. The van der Waals surface area contributed by atoms with Gasteiger partial charge in [0.15, 0.2) is 29.1 Å². The van der Waals surface area contributed by atoms with Gasteiger partial charge in [-0.15, -0.1) is 0 Å². The van der Waals surface area contributed by atoms with Crippen molar-refractivity contribution in [1.82, 2.24) is 19.5 Å². The third-order valence-electron chi connectivity index (χ3n) is 4.50. The molecule has 4 rings (SSSR count). The highest BCUT2D eigenvalue weighted by Crippen LogP contribution is 2.34. The highest BCUT2D eigenvalue weighted by Gasteiger charge is 2.38. The van der Waals surface area contributed by atoms with Gasteiger partial charge < -0.3 is 10.1 Å². The Labute approximate surface area is 180 Å². The summed E-state index contributed by atoms with van der Waals surface area (Å²) in [5, 5.41) is 2.11. The molecule has 4 aromatic rings. The summed E-state index contributed by atoms with van der Waals surface area (Å²) in [5.41, 5.74) is -0.735. The number of amides is 1. The maximum atomic E-state index is 13.8. The van der Waals surface area contributed by atoms with E-state index in [2.05, 4.69) is 20.3 Å². The molecular weight excluding hydrogens is 456 g/mol. The van der Waals surface area contributed by atoms with Gasteiger partial charge in [-0.25, -0.2) is 28.1 Å². The van der Waals surface area contributed by atoms with E-state index >= 15 is 0 Å². The fourth-order valence-corrected chi connectivity index (χ4v) is 3.00. The number of alkyl halides is 3. The number of hydrogen-bond acceptors (Lipinski definition) is 5. The van der Waals surface area contributed by atoms with E-state index in [1.54, 1.807) is 0 Å². The molecule has 0 atom stereocenters. The van der Waals surface area contributed by atoms with Crippen molar-refractivity contribution in [1.29, 1.82) is 0 Å². The summed E-state index contributed by atoms with van der Waals surface area (Å²) in [5.74, 6) is -7.67. The number of hydrogen-bond donors (Lipinski definition) is 1. The van der Waals surface area contributed by atoms with Crippen LogP contribution in [-0.4, -0.2) is 32.5 Å². The molecule has 0 radical (unpaired) electrons. The van der Waals surface area contributed by atoms with Gasteiger partial charge in [-0.2, -0.15) is 13.2 Å². The smallest absolute Gasteiger partial charge is 0.450 e. The highest BCUT2D eigenvalue weighted by atomic mass is 19.4. The number of imidazole rings is 1. The molecule has 0 unspecified atom stereocenters. The molecule has 1 amide bonds. The molecule has 7 nitrogen and oxygen atoms in total. The maximum Gasteiger partial charge on any atom is 0.450 e. The molecule has 2 heterocycles. The SMILES string of the molecule is COc1ccc2c(c1)nc(C(F)(F)F)n2-c1cnc(NC(=O)c2ccc(F)c(F)c2F)cn1. The average Bonchev–Trinajstić information content (AvgIpc) is 3.17. The Balaban J connectivity index is 1.69. The number of halogens is 6. The molecule has 0 fully saturated rings. The highest BCUT2D eigenvalue weighted by molar-refractivity contribution is 6.03. The van der Waals surface area contributed by atoms with E-state index in [1.807, 2.05) is 0 Å². The van der Waals surface area contributed by atoms with Crippen LogP contribution in [0.3, 0.4) is 0 Å². The van der Waals surface area contributed by atoms with Crippen LogP contribution in [0.25, 0.3) is 16.9 Å². The molecule has 0 saturated heterocycles. The van der Waals surface area contributed by atoms with Gasteiger partial charge in [0.1, 0.15) is 5.75 Å². The summed E-state index contributed by atoms with van der Waals surface area (Å²) in [6.45, 7) is 0. The lowest BCUT2D eigenvalue weighted by atomic mass is 10.2. The lowest BCUT2D eigenvalue weighted by Gasteiger charge is -2.11. The Kier molecular flexibility index (Phi) is 5.39. The zero-order chi connectivity index (χ0) is 23.9. The number of nitrogens with zero attached hydrogens (tertiary/aromatic N) is 4. The number of anilines is 1. The van der Waals surface area contributed by atoms with Crippen LogP contribution in [-0.2, 0) is 6.18 Å². The van der Waals surface area contributed by atoms with Crippen molar-refractivity contribution in [2.24, 2.45) is 0 Å². The van der Waals surface area contributed by atoms with E-state index in [4.69, 9.17) is 4.74 Å². The Bertz CT molecular complexity index is 1370. The predicted molar refractivity (Wildman–Crippen MR) is 102 cm³/mol.